The maximum absolute atomic E-state index is 6.15. The van der Waals surface area contributed by atoms with Crippen molar-refractivity contribution in [1.82, 2.24) is 4.90 Å². The van der Waals surface area contributed by atoms with Crippen molar-refractivity contribution in [2.75, 3.05) is 20.2 Å². The van der Waals surface area contributed by atoms with Crippen LogP contribution in [0.3, 0.4) is 0 Å². The van der Waals surface area contributed by atoms with E-state index in [1.54, 1.807) is 0 Å². The first-order valence-corrected chi connectivity index (χ1v) is 6.24. The highest BCUT2D eigenvalue weighted by molar-refractivity contribution is 4.91. The summed E-state index contributed by atoms with van der Waals surface area (Å²) >= 11 is 0. The standard InChI is InChI=1S/C12H24N2O/c1-9-6-7-14(8-12(9)15-2)11-5-3-4-10(11)13/h9-12H,3-8,13H2,1-2H3. The Morgan fingerprint density at radius 3 is 2.67 bits per heavy atom. The molecule has 15 heavy (non-hydrogen) atoms. The molecule has 2 fully saturated rings. The monoisotopic (exact) mass is 212 g/mol. The lowest BCUT2D eigenvalue weighted by atomic mass is 9.94. The Kier molecular flexibility index (Phi) is 3.65. The Morgan fingerprint density at radius 2 is 2.07 bits per heavy atom. The number of piperidine rings is 1. The van der Waals surface area contributed by atoms with Crippen molar-refractivity contribution >= 4 is 0 Å². The Bertz CT molecular complexity index is 210. The van der Waals surface area contributed by atoms with E-state index < -0.39 is 0 Å². The zero-order valence-electron chi connectivity index (χ0n) is 9.98. The van der Waals surface area contributed by atoms with Crippen LogP contribution in [0.25, 0.3) is 0 Å². The maximum Gasteiger partial charge on any atom is 0.0724 e. The lowest BCUT2D eigenvalue weighted by Crippen LogP contribution is -2.52. The molecule has 0 bridgehead atoms. The second kappa shape index (κ2) is 4.81. The van der Waals surface area contributed by atoms with Gasteiger partial charge in [-0.15, -0.1) is 0 Å². The third-order valence-corrected chi connectivity index (χ3v) is 4.22. The van der Waals surface area contributed by atoms with Crippen LogP contribution in [0.4, 0.5) is 0 Å². The van der Waals surface area contributed by atoms with Gasteiger partial charge in [-0.3, -0.25) is 4.90 Å². The van der Waals surface area contributed by atoms with E-state index >= 15 is 0 Å². The molecule has 1 aliphatic carbocycles. The first-order valence-electron chi connectivity index (χ1n) is 6.24. The summed E-state index contributed by atoms with van der Waals surface area (Å²) in [5, 5.41) is 0. The molecule has 0 radical (unpaired) electrons. The van der Waals surface area contributed by atoms with Crippen LogP contribution in [-0.2, 0) is 4.74 Å². The topological polar surface area (TPSA) is 38.5 Å². The molecule has 4 atom stereocenters. The van der Waals surface area contributed by atoms with E-state index in [0.29, 0.717) is 24.1 Å². The van der Waals surface area contributed by atoms with Gasteiger partial charge in [-0.2, -0.15) is 0 Å². The molecule has 88 valence electrons. The number of methoxy groups -OCH3 is 1. The molecule has 0 aromatic carbocycles. The van der Waals surface area contributed by atoms with Gasteiger partial charge >= 0.3 is 0 Å². The molecule has 2 rings (SSSR count). The van der Waals surface area contributed by atoms with E-state index in [4.69, 9.17) is 10.5 Å². The SMILES string of the molecule is COC1CN(C2CCCC2N)CCC1C. The minimum absolute atomic E-state index is 0.399. The van der Waals surface area contributed by atoms with Crippen molar-refractivity contribution in [3.63, 3.8) is 0 Å². The molecule has 1 saturated heterocycles. The Hall–Kier alpha value is -0.120. The van der Waals surface area contributed by atoms with Crippen molar-refractivity contribution in [1.29, 1.82) is 0 Å². The molecular formula is C12H24N2O. The van der Waals surface area contributed by atoms with Gasteiger partial charge in [0.1, 0.15) is 0 Å². The van der Waals surface area contributed by atoms with Crippen molar-refractivity contribution in [3.05, 3.63) is 0 Å². The second-order valence-corrected chi connectivity index (χ2v) is 5.20. The lowest BCUT2D eigenvalue weighted by Gasteiger charge is -2.40. The molecule has 2 aliphatic rings. The zero-order chi connectivity index (χ0) is 10.8. The smallest absolute Gasteiger partial charge is 0.0724 e. The number of nitrogens with zero attached hydrogens (tertiary/aromatic N) is 1. The molecule has 1 heterocycles. The highest BCUT2D eigenvalue weighted by Crippen LogP contribution is 2.28. The first-order chi connectivity index (χ1) is 7.22. The Morgan fingerprint density at radius 1 is 1.27 bits per heavy atom. The lowest BCUT2D eigenvalue weighted by molar-refractivity contribution is -0.0200. The van der Waals surface area contributed by atoms with E-state index in [1.807, 2.05) is 7.11 Å². The third kappa shape index (κ3) is 2.35. The van der Waals surface area contributed by atoms with Crippen LogP contribution in [0.5, 0.6) is 0 Å². The molecule has 3 nitrogen and oxygen atoms in total. The number of hydrogen-bond acceptors (Lipinski definition) is 3. The number of hydrogen-bond donors (Lipinski definition) is 1. The first kappa shape index (κ1) is 11.4. The van der Waals surface area contributed by atoms with Crippen LogP contribution in [0, 0.1) is 5.92 Å². The van der Waals surface area contributed by atoms with Gasteiger partial charge in [0.25, 0.3) is 0 Å². The fourth-order valence-corrected chi connectivity index (χ4v) is 3.09. The zero-order valence-corrected chi connectivity index (χ0v) is 9.98. The van der Waals surface area contributed by atoms with Gasteiger partial charge in [-0.25, -0.2) is 0 Å². The van der Waals surface area contributed by atoms with Crippen LogP contribution in [0.15, 0.2) is 0 Å². The number of nitrogens with two attached hydrogens (primary N) is 1. The molecule has 2 N–H and O–H groups in total. The van der Waals surface area contributed by atoms with Crippen molar-refractivity contribution < 1.29 is 4.74 Å². The van der Waals surface area contributed by atoms with Gasteiger partial charge in [0, 0.05) is 25.7 Å². The summed E-state index contributed by atoms with van der Waals surface area (Å²) in [5.74, 6) is 0.698. The summed E-state index contributed by atoms with van der Waals surface area (Å²) in [6, 6.07) is 1.02. The Balaban J connectivity index is 1.93. The van der Waals surface area contributed by atoms with Crippen molar-refractivity contribution in [2.24, 2.45) is 11.7 Å². The van der Waals surface area contributed by atoms with Crippen LogP contribution >= 0.6 is 0 Å². The van der Waals surface area contributed by atoms with E-state index in [9.17, 15) is 0 Å². The van der Waals surface area contributed by atoms with Gasteiger partial charge in [-0.1, -0.05) is 13.3 Å². The van der Waals surface area contributed by atoms with E-state index in [2.05, 4.69) is 11.8 Å². The molecule has 3 heteroatoms. The summed E-state index contributed by atoms with van der Waals surface area (Å²) in [7, 11) is 1.83. The molecular weight excluding hydrogens is 188 g/mol. The normalized spacial score (nSPS) is 43.4. The predicted molar refractivity (Wildman–Crippen MR) is 61.8 cm³/mol. The van der Waals surface area contributed by atoms with Crippen LogP contribution < -0.4 is 5.73 Å². The molecule has 0 amide bonds. The molecule has 0 aromatic heterocycles. The molecule has 1 saturated carbocycles. The van der Waals surface area contributed by atoms with E-state index in [0.717, 1.165) is 6.54 Å². The van der Waals surface area contributed by atoms with E-state index in [-0.39, 0.29) is 0 Å². The Labute approximate surface area is 93.0 Å². The molecule has 4 unspecified atom stereocenters. The number of rotatable bonds is 2. The van der Waals surface area contributed by atoms with Crippen molar-refractivity contribution in [2.45, 2.75) is 50.8 Å². The fraction of sp³-hybridized carbons (Fsp3) is 1.00. The van der Waals surface area contributed by atoms with Gasteiger partial charge in [0.2, 0.25) is 0 Å². The van der Waals surface area contributed by atoms with Crippen LogP contribution in [-0.4, -0.2) is 43.3 Å². The van der Waals surface area contributed by atoms with Gasteiger partial charge in [-0.05, 0) is 31.7 Å². The molecule has 1 aliphatic heterocycles. The fourth-order valence-electron chi connectivity index (χ4n) is 3.09. The van der Waals surface area contributed by atoms with Gasteiger partial charge in [0.15, 0.2) is 0 Å². The second-order valence-electron chi connectivity index (χ2n) is 5.20. The average Bonchev–Trinajstić information content (AvgIpc) is 2.65. The van der Waals surface area contributed by atoms with Crippen LogP contribution in [0.1, 0.15) is 32.6 Å². The average molecular weight is 212 g/mol. The highest BCUT2D eigenvalue weighted by atomic mass is 16.5. The van der Waals surface area contributed by atoms with Crippen LogP contribution in [0.2, 0.25) is 0 Å². The summed E-state index contributed by atoms with van der Waals surface area (Å²) in [4.78, 5) is 2.56. The minimum atomic E-state index is 0.399. The maximum atomic E-state index is 6.15. The quantitative estimate of drug-likeness (QED) is 0.748. The molecule has 0 aromatic rings. The van der Waals surface area contributed by atoms with Gasteiger partial charge < -0.3 is 10.5 Å². The minimum Gasteiger partial charge on any atom is -0.380 e. The van der Waals surface area contributed by atoms with E-state index in [1.165, 1.54) is 32.2 Å². The molecule has 0 spiro atoms. The highest BCUT2D eigenvalue weighted by Gasteiger charge is 2.34. The predicted octanol–water partition coefficient (Wildman–Crippen LogP) is 1.22. The summed E-state index contributed by atoms with van der Waals surface area (Å²) in [6.07, 6.45) is 5.45. The number of ether oxygens (including phenoxy) is 1. The third-order valence-electron chi connectivity index (χ3n) is 4.22. The van der Waals surface area contributed by atoms with Crippen molar-refractivity contribution in [3.8, 4) is 0 Å². The summed E-state index contributed by atoms with van der Waals surface area (Å²) in [6.45, 7) is 4.58. The largest absolute Gasteiger partial charge is 0.380 e. The summed E-state index contributed by atoms with van der Waals surface area (Å²) < 4.78 is 5.55. The number of likely N-dealkylation sites (tertiary alicyclic amines) is 1. The van der Waals surface area contributed by atoms with Gasteiger partial charge in [0.05, 0.1) is 6.10 Å². The summed E-state index contributed by atoms with van der Waals surface area (Å²) in [5.41, 5.74) is 6.15.